The minimum Gasteiger partial charge on any atom is -0.467 e. The van der Waals surface area contributed by atoms with Crippen molar-refractivity contribution in [1.29, 1.82) is 0 Å². The van der Waals surface area contributed by atoms with Gasteiger partial charge in [-0.3, -0.25) is 9.80 Å². The van der Waals surface area contributed by atoms with Crippen LogP contribution in [0, 0.1) is 5.92 Å². The highest BCUT2D eigenvalue weighted by atomic mass is 16.5. The summed E-state index contributed by atoms with van der Waals surface area (Å²) in [5.41, 5.74) is 0. The zero-order valence-corrected chi connectivity index (χ0v) is 14.9. The van der Waals surface area contributed by atoms with Crippen LogP contribution >= 0.6 is 0 Å². The first kappa shape index (κ1) is 17.9. The van der Waals surface area contributed by atoms with Gasteiger partial charge in [-0.25, -0.2) is 0 Å². The maximum atomic E-state index is 10.2. The predicted octanol–water partition coefficient (Wildman–Crippen LogP) is 2.53. The third-order valence-corrected chi connectivity index (χ3v) is 5.54. The Morgan fingerprint density at radius 3 is 2.67 bits per heavy atom. The number of β-amino-alcohol motifs (C(OH)–C–C–N with tert-alkyl or cyclic N) is 1. The molecule has 0 spiro atoms. The predicted molar refractivity (Wildman–Crippen MR) is 93.9 cm³/mol. The second kappa shape index (κ2) is 8.99. The molecular weight excluding hydrogens is 304 g/mol. The summed E-state index contributed by atoms with van der Waals surface area (Å²) in [4.78, 5) is 4.79. The van der Waals surface area contributed by atoms with E-state index in [1.54, 1.807) is 6.26 Å². The number of nitrogens with zero attached hydrogens (tertiary/aromatic N) is 2. The van der Waals surface area contributed by atoms with Gasteiger partial charge in [0.1, 0.15) is 11.9 Å². The van der Waals surface area contributed by atoms with E-state index >= 15 is 0 Å². The Morgan fingerprint density at radius 1 is 1.21 bits per heavy atom. The average molecular weight is 336 g/mol. The fourth-order valence-corrected chi connectivity index (χ4v) is 3.87. The Kier molecular flexibility index (Phi) is 6.72. The van der Waals surface area contributed by atoms with E-state index in [2.05, 4.69) is 16.7 Å². The molecule has 1 aromatic rings. The molecule has 1 aliphatic heterocycles. The van der Waals surface area contributed by atoms with Gasteiger partial charge < -0.3 is 14.3 Å². The molecule has 1 aliphatic carbocycles. The molecule has 0 unspecified atom stereocenters. The van der Waals surface area contributed by atoms with Gasteiger partial charge in [0, 0.05) is 39.3 Å². The molecule has 1 aromatic heterocycles. The molecule has 5 heteroatoms. The maximum absolute atomic E-state index is 10.2. The van der Waals surface area contributed by atoms with Crippen LogP contribution in [0.4, 0.5) is 0 Å². The first-order valence-electron chi connectivity index (χ1n) is 9.50. The molecule has 2 aliphatic rings. The lowest BCUT2D eigenvalue weighted by atomic mass is 9.88. The van der Waals surface area contributed by atoms with Crippen molar-refractivity contribution < 1.29 is 14.3 Å². The van der Waals surface area contributed by atoms with Crippen molar-refractivity contribution in [2.24, 2.45) is 5.92 Å². The van der Waals surface area contributed by atoms with Crippen molar-refractivity contribution in [3.8, 4) is 0 Å². The summed E-state index contributed by atoms with van der Waals surface area (Å²) in [6.45, 7) is 8.95. The highest BCUT2D eigenvalue weighted by Gasteiger charge is 2.23. The Balaban J connectivity index is 1.30. The number of hydrogen-bond donors (Lipinski definition) is 1. The van der Waals surface area contributed by atoms with Crippen LogP contribution in [0.15, 0.2) is 22.8 Å². The highest BCUT2D eigenvalue weighted by Crippen LogP contribution is 2.26. The molecule has 2 heterocycles. The lowest BCUT2D eigenvalue weighted by molar-refractivity contribution is -0.0197. The number of aliphatic hydroxyl groups is 1. The summed E-state index contributed by atoms with van der Waals surface area (Å²) in [5.74, 6) is 1.38. The van der Waals surface area contributed by atoms with Crippen LogP contribution in [0.5, 0.6) is 0 Å². The summed E-state index contributed by atoms with van der Waals surface area (Å²) in [7, 11) is 0. The number of rotatable bonds is 7. The zero-order valence-electron chi connectivity index (χ0n) is 14.9. The number of hydrogen-bond acceptors (Lipinski definition) is 5. The van der Waals surface area contributed by atoms with Crippen molar-refractivity contribution in [2.75, 3.05) is 45.9 Å². The first-order valence-corrected chi connectivity index (χ1v) is 9.50. The molecule has 1 N–H and O–H groups in total. The summed E-state index contributed by atoms with van der Waals surface area (Å²) in [6, 6.07) is 3.66. The van der Waals surface area contributed by atoms with Gasteiger partial charge in [-0.2, -0.15) is 0 Å². The van der Waals surface area contributed by atoms with Gasteiger partial charge in [-0.1, -0.05) is 19.8 Å². The number of furan rings is 1. The zero-order chi connectivity index (χ0) is 16.8. The fraction of sp³-hybridized carbons (Fsp3) is 0.789. The number of ether oxygens (including phenoxy) is 1. The molecule has 3 rings (SSSR count). The summed E-state index contributed by atoms with van der Waals surface area (Å²) >= 11 is 0. The van der Waals surface area contributed by atoms with Crippen molar-refractivity contribution in [1.82, 2.24) is 9.80 Å². The molecule has 0 amide bonds. The van der Waals surface area contributed by atoms with Gasteiger partial charge in [0.15, 0.2) is 0 Å². The standard InChI is InChI=1S/C19H32N2O3/c1-16-5-2-3-6-18(16)24-14-12-20-8-10-21(11-9-20)15-17(22)19-7-4-13-23-19/h4,7,13,16-18,22H,2-3,5-6,8-12,14-15H2,1H3/t16-,17-,18-/m1/s1. The molecule has 136 valence electrons. The Hall–Kier alpha value is -0.880. The van der Waals surface area contributed by atoms with Gasteiger partial charge >= 0.3 is 0 Å². The summed E-state index contributed by atoms with van der Waals surface area (Å²) in [5, 5.41) is 10.2. The summed E-state index contributed by atoms with van der Waals surface area (Å²) < 4.78 is 11.4. The van der Waals surface area contributed by atoms with Gasteiger partial charge in [0.25, 0.3) is 0 Å². The topological polar surface area (TPSA) is 49.1 Å². The van der Waals surface area contributed by atoms with E-state index in [1.165, 1.54) is 25.7 Å². The molecule has 5 nitrogen and oxygen atoms in total. The van der Waals surface area contributed by atoms with Crippen LogP contribution in [0.3, 0.4) is 0 Å². The lowest BCUT2D eigenvalue weighted by Crippen LogP contribution is -2.48. The third-order valence-electron chi connectivity index (χ3n) is 5.54. The van der Waals surface area contributed by atoms with Crippen LogP contribution in [-0.4, -0.2) is 66.9 Å². The minimum atomic E-state index is -0.525. The quantitative estimate of drug-likeness (QED) is 0.829. The molecule has 0 aromatic carbocycles. The maximum Gasteiger partial charge on any atom is 0.133 e. The highest BCUT2D eigenvalue weighted by molar-refractivity contribution is 5.02. The normalized spacial score (nSPS) is 28.1. The molecule has 1 saturated carbocycles. The molecule has 2 fully saturated rings. The SMILES string of the molecule is C[C@@H]1CCCC[C@H]1OCCN1CCN(C[C@@H](O)c2ccco2)CC1. The van der Waals surface area contributed by atoms with Gasteiger partial charge in [-0.15, -0.1) is 0 Å². The lowest BCUT2D eigenvalue weighted by Gasteiger charge is -2.36. The van der Waals surface area contributed by atoms with Crippen LogP contribution in [0.2, 0.25) is 0 Å². The summed E-state index contributed by atoms with van der Waals surface area (Å²) in [6.07, 6.45) is 6.81. The Morgan fingerprint density at radius 2 is 1.96 bits per heavy atom. The molecular formula is C19H32N2O3. The van der Waals surface area contributed by atoms with Gasteiger partial charge in [0.2, 0.25) is 0 Å². The largest absolute Gasteiger partial charge is 0.467 e. The second-order valence-corrected chi connectivity index (χ2v) is 7.34. The van der Waals surface area contributed by atoms with E-state index in [4.69, 9.17) is 9.15 Å². The fourth-order valence-electron chi connectivity index (χ4n) is 3.87. The van der Waals surface area contributed by atoms with Crippen molar-refractivity contribution >= 4 is 0 Å². The van der Waals surface area contributed by atoms with E-state index in [0.29, 0.717) is 18.4 Å². The smallest absolute Gasteiger partial charge is 0.133 e. The van der Waals surface area contributed by atoms with E-state index in [0.717, 1.165) is 45.2 Å². The van der Waals surface area contributed by atoms with E-state index in [-0.39, 0.29) is 0 Å². The van der Waals surface area contributed by atoms with Crippen molar-refractivity contribution in [3.63, 3.8) is 0 Å². The second-order valence-electron chi connectivity index (χ2n) is 7.34. The Bertz CT molecular complexity index is 457. The van der Waals surface area contributed by atoms with Crippen LogP contribution in [0.25, 0.3) is 0 Å². The van der Waals surface area contributed by atoms with Crippen molar-refractivity contribution in [2.45, 2.75) is 44.8 Å². The average Bonchev–Trinajstić information content (AvgIpc) is 3.13. The van der Waals surface area contributed by atoms with E-state index in [9.17, 15) is 5.11 Å². The van der Waals surface area contributed by atoms with Gasteiger partial charge in [0.05, 0.1) is 19.0 Å². The van der Waals surface area contributed by atoms with E-state index < -0.39 is 6.10 Å². The number of piperazine rings is 1. The van der Waals surface area contributed by atoms with E-state index in [1.807, 2.05) is 12.1 Å². The molecule has 1 saturated heterocycles. The molecule has 24 heavy (non-hydrogen) atoms. The van der Waals surface area contributed by atoms with Gasteiger partial charge in [-0.05, 0) is 30.9 Å². The molecule has 3 atom stereocenters. The minimum absolute atomic E-state index is 0.475. The number of aliphatic hydroxyl groups excluding tert-OH is 1. The van der Waals surface area contributed by atoms with Crippen LogP contribution in [-0.2, 0) is 4.74 Å². The molecule has 0 bridgehead atoms. The third kappa shape index (κ3) is 5.06. The van der Waals surface area contributed by atoms with Crippen LogP contribution < -0.4 is 0 Å². The Labute approximate surface area is 145 Å². The monoisotopic (exact) mass is 336 g/mol. The van der Waals surface area contributed by atoms with Crippen molar-refractivity contribution in [3.05, 3.63) is 24.2 Å². The molecule has 0 radical (unpaired) electrons. The van der Waals surface area contributed by atoms with Crippen LogP contribution in [0.1, 0.15) is 44.5 Å². The first-order chi connectivity index (χ1) is 11.7.